The van der Waals surface area contributed by atoms with Gasteiger partial charge in [0.15, 0.2) is 5.78 Å². The summed E-state index contributed by atoms with van der Waals surface area (Å²) in [6.45, 7) is 8.27. The summed E-state index contributed by atoms with van der Waals surface area (Å²) in [6, 6.07) is 0. The molecule has 0 aliphatic carbocycles. The smallest absolute Gasteiger partial charge is 0.170 e. The van der Waals surface area contributed by atoms with Crippen molar-refractivity contribution in [2.24, 2.45) is 0 Å². The SMILES string of the molecule is CCn1nc(C)c(Cl)c1CC(=O)C(C)(CC)OC. The van der Waals surface area contributed by atoms with Crippen LogP contribution in [0.4, 0.5) is 0 Å². The Hall–Kier alpha value is -0.870. The molecular formula is C13H21ClN2O2. The lowest BCUT2D eigenvalue weighted by Gasteiger charge is -2.25. The minimum Gasteiger partial charge on any atom is -0.371 e. The Morgan fingerprint density at radius 2 is 2.11 bits per heavy atom. The fourth-order valence-corrected chi connectivity index (χ4v) is 2.03. The average molecular weight is 273 g/mol. The van der Waals surface area contributed by atoms with Crippen LogP contribution in [0.1, 0.15) is 38.6 Å². The highest BCUT2D eigenvalue weighted by Crippen LogP contribution is 2.24. The monoisotopic (exact) mass is 272 g/mol. The fourth-order valence-electron chi connectivity index (χ4n) is 1.83. The van der Waals surface area contributed by atoms with Crippen LogP contribution in [0.15, 0.2) is 0 Å². The zero-order valence-corrected chi connectivity index (χ0v) is 12.5. The van der Waals surface area contributed by atoms with Crippen LogP contribution >= 0.6 is 11.6 Å². The lowest BCUT2D eigenvalue weighted by molar-refractivity contribution is -0.138. The Morgan fingerprint density at radius 3 is 2.56 bits per heavy atom. The Balaban J connectivity index is 3.01. The summed E-state index contributed by atoms with van der Waals surface area (Å²) >= 11 is 6.20. The number of halogens is 1. The second-order valence-electron chi connectivity index (χ2n) is 4.55. The number of aromatic nitrogens is 2. The van der Waals surface area contributed by atoms with Gasteiger partial charge in [-0.3, -0.25) is 9.48 Å². The van der Waals surface area contributed by atoms with Gasteiger partial charge in [0.25, 0.3) is 0 Å². The summed E-state index contributed by atoms with van der Waals surface area (Å²) in [4.78, 5) is 12.3. The van der Waals surface area contributed by atoms with Gasteiger partial charge in [0.1, 0.15) is 5.60 Å². The van der Waals surface area contributed by atoms with Gasteiger partial charge in [-0.05, 0) is 27.2 Å². The third kappa shape index (κ3) is 2.75. The molecule has 0 radical (unpaired) electrons. The number of ether oxygens (including phenoxy) is 1. The third-order valence-electron chi connectivity index (χ3n) is 3.50. The molecule has 18 heavy (non-hydrogen) atoms. The summed E-state index contributed by atoms with van der Waals surface area (Å²) in [5, 5.41) is 4.89. The Bertz CT molecular complexity index is 436. The summed E-state index contributed by atoms with van der Waals surface area (Å²) in [5.74, 6) is 0.0315. The zero-order chi connectivity index (χ0) is 13.9. The van der Waals surface area contributed by atoms with Gasteiger partial charge in [0.05, 0.1) is 22.8 Å². The van der Waals surface area contributed by atoms with Gasteiger partial charge in [0, 0.05) is 13.7 Å². The highest BCUT2D eigenvalue weighted by molar-refractivity contribution is 6.32. The molecule has 1 aromatic heterocycles. The molecule has 102 valence electrons. The maximum absolute atomic E-state index is 12.3. The van der Waals surface area contributed by atoms with Gasteiger partial charge in [0.2, 0.25) is 0 Å². The molecule has 1 unspecified atom stereocenters. The first-order chi connectivity index (χ1) is 8.39. The van der Waals surface area contributed by atoms with E-state index in [-0.39, 0.29) is 12.2 Å². The summed E-state index contributed by atoms with van der Waals surface area (Å²) < 4.78 is 7.10. The van der Waals surface area contributed by atoms with Crippen LogP contribution in [0, 0.1) is 6.92 Å². The lowest BCUT2D eigenvalue weighted by Crippen LogP contribution is -2.38. The minimum absolute atomic E-state index is 0.0315. The number of hydrogen-bond acceptors (Lipinski definition) is 3. The number of Topliss-reactive ketones (excluding diaryl/α,β-unsaturated/α-hetero) is 1. The second-order valence-corrected chi connectivity index (χ2v) is 4.93. The van der Waals surface area contributed by atoms with E-state index in [2.05, 4.69) is 5.10 Å². The lowest BCUT2D eigenvalue weighted by atomic mass is 9.94. The molecule has 0 amide bonds. The number of hydrogen-bond donors (Lipinski definition) is 0. The highest BCUT2D eigenvalue weighted by atomic mass is 35.5. The van der Waals surface area contributed by atoms with Crippen LogP contribution in [0.3, 0.4) is 0 Å². The number of carbonyl (C=O) groups is 1. The molecule has 0 saturated carbocycles. The van der Waals surface area contributed by atoms with Gasteiger partial charge >= 0.3 is 0 Å². The van der Waals surface area contributed by atoms with Crippen molar-refractivity contribution in [1.29, 1.82) is 0 Å². The molecule has 5 heteroatoms. The Kier molecular flexibility index (Phi) is 4.93. The van der Waals surface area contributed by atoms with Crippen molar-refractivity contribution >= 4 is 17.4 Å². The molecule has 1 heterocycles. The van der Waals surface area contributed by atoms with Crippen LogP contribution < -0.4 is 0 Å². The normalized spacial score (nSPS) is 14.6. The van der Waals surface area contributed by atoms with E-state index in [9.17, 15) is 4.79 Å². The van der Waals surface area contributed by atoms with Crippen molar-refractivity contribution in [3.8, 4) is 0 Å². The quantitative estimate of drug-likeness (QED) is 0.800. The van der Waals surface area contributed by atoms with E-state index in [1.807, 2.05) is 27.7 Å². The molecule has 1 aromatic rings. The van der Waals surface area contributed by atoms with Crippen LogP contribution in [0.5, 0.6) is 0 Å². The molecule has 0 bridgehead atoms. The minimum atomic E-state index is -0.750. The predicted octanol–water partition coefficient (Wildman–Crippen LogP) is 2.79. The molecule has 0 aliphatic heterocycles. The molecule has 0 spiro atoms. The number of aryl methyl sites for hydroxylation is 2. The number of rotatable bonds is 6. The van der Waals surface area contributed by atoms with Gasteiger partial charge in [-0.1, -0.05) is 18.5 Å². The molecule has 0 saturated heterocycles. The van der Waals surface area contributed by atoms with E-state index in [1.165, 1.54) is 0 Å². The second kappa shape index (κ2) is 5.85. The summed E-state index contributed by atoms with van der Waals surface area (Å²) in [6.07, 6.45) is 0.894. The van der Waals surface area contributed by atoms with E-state index >= 15 is 0 Å². The van der Waals surface area contributed by atoms with Crippen molar-refractivity contribution in [2.45, 2.75) is 52.7 Å². The van der Waals surface area contributed by atoms with E-state index in [0.29, 0.717) is 18.0 Å². The molecule has 0 aromatic carbocycles. The molecule has 0 N–H and O–H groups in total. The van der Waals surface area contributed by atoms with Crippen LogP contribution in [0.2, 0.25) is 5.02 Å². The highest BCUT2D eigenvalue weighted by Gasteiger charge is 2.32. The molecule has 4 nitrogen and oxygen atoms in total. The van der Waals surface area contributed by atoms with Gasteiger partial charge in [-0.2, -0.15) is 5.10 Å². The molecular weight excluding hydrogens is 252 g/mol. The Morgan fingerprint density at radius 1 is 1.50 bits per heavy atom. The largest absolute Gasteiger partial charge is 0.371 e. The number of ketones is 1. The van der Waals surface area contributed by atoms with Crippen LogP contribution in [-0.2, 0) is 22.5 Å². The van der Waals surface area contributed by atoms with Gasteiger partial charge < -0.3 is 4.74 Å². The maximum atomic E-state index is 12.3. The van der Waals surface area contributed by atoms with E-state index in [0.717, 1.165) is 11.4 Å². The first kappa shape index (κ1) is 15.2. The third-order valence-corrected chi connectivity index (χ3v) is 3.99. The van der Waals surface area contributed by atoms with Crippen molar-refractivity contribution < 1.29 is 9.53 Å². The number of methoxy groups -OCH3 is 1. The topological polar surface area (TPSA) is 44.1 Å². The molecule has 1 rings (SSSR count). The summed E-state index contributed by atoms with van der Waals surface area (Å²) in [5.41, 5.74) is 0.787. The standard InChI is InChI=1S/C13H21ClN2O2/c1-6-13(4,18-5)11(17)8-10-12(14)9(3)15-16(10)7-2/h6-8H2,1-5H3. The zero-order valence-electron chi connectivity index (χ0n) is 11.7. The molecule has 1 atom stereocenters. The number of carbonyl (C=O) groups excluding carboxylic acids is 1. The van der Waals surface area contributed by atoms with Crippen LogP contribution in [0.25, 0.3) is 0 Å². The Labute approximate surface area is 113 Å². The van der Waals surface area contributed by atoms with Crippen molar-refractivity contribution in [1.82, 2.24) is 9.78 Å². The average Bonchev–Trinajstić information content (AvgIpc) is 2.65. The van der Waals surface area contributed by atoms with E-state index in [1.54, 1.807) is 11.8 Å². The van der Waals surface area contributed by atoms with Gasteiger partial charge in [-0.25, -0.2) is 0 Å². The number of nitrogens with zero attached hydrogens (tertiary/aromatic N) is 2. The molecule has 0 fully saturated rings. The van der Waals surface area contributed by atoms with Crippen molar-refractivity contribution in [2.75, 3.05) is 7.11 Å². The van der Waals surface area contributed by atoms with Gasteiger partial charge in [-0.15, -0.1) is 0 Å². The maximum Gasteiger partial charge on any atom is 0.170 e. The van der Waals surface area contributed by atoms with Crippen LogP contribution in [-0.4, -0.2) is 28.3 Å². The predicted molar refractivity (Wildman–Crippen MR) is 72.1 cm³/mol. The molecule has 0 aliphatic rings. The first-order valence-electron chi connectivity index (χ1n) is 6.19. The van der Waals surface area contributed by atoms with Crippen molar-refractivity contribution in [3.05, 3.63) is 16.4 Å². The van der Waals surface area contributed by atoms with E-state index in [4.69, 9.17) is 16.3 Å². The summed E-state index contributed by atoms with van der Waals surface area (Å²) in [7, 11) is 1.56. The van der Waals surface area contributed by atoms with Crippen molar-refractivity contribution in [3.63, 3.8) is 0 Å². The van der Waals surface area contributed by atoms with E-state index < -0.39 is 5.60 Å². The first-order valence-corrected chi connectivity index (χ1v) is 6.57. The fraction of sp³-hybridized carbons (Fsp3) is 0.692.